The van der Waals surface area contributed by atoms with Gasteiger partial charge in [0.2, 0.25) is 0 Å². The number of nitrogens with one attached hydrogen (secondary N) is 2. The van der Waals surface area contributed by atoms with Gasteiger partial charge in [0.25, 0.3) is 0 Å². The molecule has 6 N–H and O–H groups in total. The summed E-state index contributed by atoms with van der Waals surface area (Å²) in [5.41, 5.74) is 9.25. The molecule has 2 heterocycles. The summed E-state index contributed by atoms with van der Waals surface area (Å²) in [5, 5.41) is 54.8. The molecule has 0 unspecified atom stereocenters. The molecule has 310 valence electrons. The van der Waals surface area contributed by atoms with Crippen LogP contribution in [-0.2, 0) is 35.9 Å². The maximum absolute atomic E-state index is 11.0. The van der Waals surface area contributed by atoms with Crippen LogP contribution >= 0.6 is 22.9 Å². The van der Waals surface area contributed by atoms with Gasteiger partial charge in [0.1, 0.15) is 30.8 Å². The normalized spacial score (nSPS) is 12.2. The fraction of sp³-hybridized carbons (Fsp3) is 0.261. The zero-order valence-electron chi connectivity index (χ0n) is 33.1. The average molecular weight is 849 g/mol. The second-order valence-corrected chi connectivity index (χ2v) is 16.0. The molecule has 0 radical (unpaired) electrons. The number of pyridine rings is 1. The third-order valence-electron chi connectivity index (χ3n) is 9.96. The Labute approximate surface area is 356 Å². The molecule has 14 heteroatoms. The van der Waals surface area contributed by atoms with Gasteiger partial charge in [-0.1, -0.05) is 54.1 Å². The van der Waals surface area contributed by atoms with E-state index in [1.54, 1.807) is 35.7 Å². The molecular weight excluding hydrogens is 804 g/mol. The molecule has 60 heavy (non-hydrogen) atoms. The van der Waals surface area contributed by atoms with Crippen LogP contribution in [-0.4, -0.2) is 62.6 Å². The topological polar surface area (TPSA) is 194 Å². The van der Waals surface area contributed by atoms with E-state index >= 15 is 0 Å². The molecule has 0 fully saturated rings. The third-order valence-corrected chi connectivity index (χ3v) is 11.4. The van der Waals surface area contributed by atoms with Gasteiger partial charge < -0.3 is 40.5 Å². The minimum atomic E-state index is -1.10. The van der Waals surface area contributed by atoms with Gasteiger partial charge in [0, 0.05) is 65.3 Å². The average Bonchev–Trinajstić information content (AvgIpc) is 3.62. The minimum Gasteiger partial charge on any atom is -0.488 e. The highest BCUT2D eigenvalue weighted by Gasteiger charge is 2.17. The smallest absolute Gasteiger partial charge is 0.306 e. The van der Waals surface area contributed by atoms with Gasteiger partial charge in [-0.2, -0.15) is 5.26 Å². The molecule has 0 bridgehead atoms. The van der Waals surface area contributed by atoms with Gasteiger partial charge >= 0.3 is 11.9 Å². The highest BCUT2D eigenvalue weighted by Crippen LogP contribution is 2.38. The fourth-order valence-corrected chi connectivity index (χ4v) is 8.17. The quantitative estimate of drug-likeness (QED) is 0.0438. The van der Waals surface area contributed by atoms with Crippen molar-refractivity contribution in [1.82, 2.24) is 15.6 Å². The number of ether oxygens (including phenoxy) is 2. The second-order valence-electron chi connectivity index (χ2n) is 14.5. The summed E-state index contributed by atoms with van der Waals surface area (Å²) in [6.45, 7) is 5.53. The van der Waals surface area contributed by atoms with Crippen LogP contribution in [0.4, 0.5) is 0 Å². The van der Waals surface area contributed by atoms with Gasteiger partial charge in [-0.3, -0.25) is 14.6 Å². The maximum atomic E-state index is 11.0. The molecule has 6 aromatic rings. The van der Waals surface area contributed by atoms with Gasteiger partial charge in [0.15, 0.2) is 0 Å². The lowest BCUT2D eigenvalue weighted by atomic mass is 9.89. The first kappa shape index (κ1) is 43.7. The molecule has 2 atom stereocenters. The SMILES string of the molecule is Cc1c(COc2cc(OCc3cncc(C#N)c3)c(CNC[C@@H](O)CC(=O)O)cc2Cl)cccc1-c1cccc(-c2ccc3sc(CNC[C@@H](O)CC(=O)O)cc3c2)c1C. The van der Waals surface area contributed by atoms with Gasteiger partial charge in [-0.25, -0.2) is 0 Å². The number of hydrogen-bond acceptors (Lipinski definition) is 11. The number of fused-ring (bicyclic) bond motifs is 1. The number of nitriles is 1. The maximum Gasteiger partial charge on any atom is 0.306 e. The number of carboxylic acid groups (broad SMARTS) is 2. The van der Waals surface area contributed by atoms with Crippen molar-refractivity contribution >= 4 is 45.0 Å². The zero-order chi connectivity index (χ0) is 42.8. The molecule has 0 amide bonds. The van der Waals surface area contributed by atoms with Crippen LogP contribution in [0.25, 0.3) is 32.3 Å². The van der Waals surface area contributed by atoms with Crippen LogP contribution < -0.4 is 20.1 Å². The Balaban J connectivity index is 1.19. The van der Waals surface area contributed by atoms with E-state index in [1.807, 2.05) is 12.1 Å². The predicted molar refractivity (Wildman–Crippen MR) is 231 cm³/mol. The molecule has 0 saturated carbocycles. The van der Waals surface area contributed by atoms with Crippen molar-refractivity contribution in [2.45, 2.75) is 65.2 Å². The Morgan fingerprint density at radius 3 is 2.17 bits per heavy atom. The number of aromatic nitrogens is 1. The third kappa shape index (κ3) is 11.5. The number of benzene rings is 4. The van der Waals surface area contributed by atoms with E-state index < -0.39 is 30.6 Å². The number of rotatable bonds is 20. The lowest BCUT2D eigenvalue weighted by molar-refractivity contribution is -0.140. The van der Waals surface area contributed by atoms with E-state index in [1.165, 1.54) is 6.20 Å². The summed E-state index contributed by atoms with van der Waals surface area (Å²) >= 11 is 8.43. The standard InChI is InChI=1S/C46H45ClN4O8S/c1-27-32(26-59-43-17-42(58-25-30-11-29(18-48)19-49-20-30)34(14-41(43)47)21-50-22-35(52)15-45(54)55)5-3-7-39(27)40-8-4-6-38(28(40)2)31-9-10-44-33(12-31)13-37(60-44)24-51-23-36(53)16-46(56)57/h3-14,17,19-20,35-36,50-53H,15-16,21-26H2,1-2H3,(H,54,55)(H,56,57)/t35-,36-/m0/s1. The van der Waals surface area contributed by atoms with Gasteiger partial charge in [0.05, 0.1) is 35.6 Å². The number of hydrogen-bond donors (Lipinski definition) is 6. The minimum absolute atomic E-state index is 0.0449. The van der Waals surface area contributed by atoms with E-state index in [2.05, 4.69) is 84.1 Å². The highest BCUT2D eigenvalue weighted by atomic mass is 35.5. The lowest BCUT2D eigenvalue weighted by Gasteiger charge is -2.18. The van der Waals surface area contributed by atoms with Crippen LogP contribution in [0.5, 0.6) is 11.5 Å². The van der Waals surface area contributed by atoms with E-state index in [4.69, 9.17) is 31.3 Å². The summed E-state index contributed by atoms with van der Waals surface area (Å²) in [6.07, 6.45) is 0.380. The van der Waals surface area contributed by atoms with Crippen LogP contribution in [0.1, 0.15) is 51.1 Å². The Morgan fingerprint density at radius 2 is 1.45 bits per heavy atom. The second kappa shape index (κ2) is 20.4. The van der Waals surface area contributed by atoms with Crippen LogP contribution in [0.15, 0.2) is 91.3 Å². The van der Waals surface area contributed by atoms with Crippen LogP contribution in [0.3, 0.4) is 0 Å². The number of thiophene rings is 1. The number of nitrogens with zero attached hydrogens (tertiary/aromatic N) is 2. The van der Waals surface area contributed by atoms with Crippen molar-refractivity contribution in [3.63, 3.8) is 0 Å². The molecule has 0 aliphatic rings. The van der Waals surface area contributed by atoms with Crippen molar-refractivity contribution in [1.29, 1.82) is 5.26 Å². The van der Waals surface area contributed by atoms with Crippen LogP contribution in [0, 0.1) is 25.2 Å². The first-order valence-corrected chi connectivity index (χ1v) is 20.4. The van der Waals surface area contributed by atoms with Crippen LogP contribution in [0.2, 0.25) is 5.02 Å². The Kier molecular flexibility index (Phi) is 14.9. The molecule has 0 aliphatic heterocycles. The van der Waals surface area contributed by atoms with Crippen molar-refractivity contribution < 1.29 is 39.5 Å². The van der Waals surface area contributed by atoms with Gasteiger partial charge in [-0.15, -0.1) is 11.3 Å². The van der Waals surface area contributed by atoms with E-state index in [9.17, 15) is 25.1 Å². The molecule has 2 aromatic heterocycles. The summed E-state index contributed by atoms with van der Waals surface area (Å²) in [7, 11) is 0. The fourth-order valence-electron chi connectivity index (χ4n) is 6.91. The van der Waals surface area contributed by atoms with Crippen molar-refractivity contribution in [2.24, 2.45) is 0 Å². The molecule has 0 aliphatic carbocycles. The number of aliphatic hydroxyl groups excluding tert-OH is 2. The van der Waals surface area contributed by atoms with Crippen molar-refractivity contribution in [3.8, 4) is 39.8 Å². The molecular formula is C46H45ClN4O8S. The summed E-state index contributed by atoms with van der Waals surface area (Å²) < 4.78 is 13.7. The summed E-state index contributed by atoms with van der Waals surface area (Å²) in [6, 6.07) is 28.2. The number of carboxylic acids is 2. The van der Waals surface area contributed by atoms with E-state index in [0.29, 0.717) is 39.8 Å². The highest BCUT2D eigenvalue weighted by molar-refractivity contribution is 7.19. The van der Waals surface area contributed by atoms with Crippen molar-refractivity contribution in [2.75, 3.05) is 13.1 Å². The Bertz CT molecular complexity index is 2540. The molecule has 4 aromatic carbocycles. The summed E-state index contributed by atoms with van der Waals surface area (Å²) in [4.78, 5) is 27.1. The largest absolute Gasteiger partial charge is 0.488 e. The molecule has 0 saturated heterocycles. The molecule has 0 spiro atoms. The Morgan fingerprint density at radius 1 is 0.783 bits per heavy atom. The molecule has 12 nitrogen and oxygen atoms in total. The zero-order valence-corrected chi connectivity index (χ0v) is 34.6. The molecule has 6 rings (SSSR count). The van der Waals surface area contributed by atoms with Crippen molar-refractivity contribution in [3.05, 3.63) is 135 Å². The monoisotopic (exact) mass is 848 g/mol. The first-order chi connectivity index (χ1) is 28.9. The van der Waals surface area contributed by atoms with Gasteiger partial charge in [-0.05, 0) is 88.5 Å². The first-order valence-electron chi connectivity index (χ1n) is 19.2. The summed E-state index contributed by atoms with van der Waals surface area (Å²) in [5.74, 6) is -1.28. The number of aliphatic hydroxyl groups is 2. The number of halogens is 1. The van der Waals surface area contributed by atoms with E-state index in [-0.39, 0.29) is 39.3 Å². The number of aliphatic carboxylic acids is 2. The lowest BCUT2D eigenvalue weighted by Crippen LogP contribution is -2.28. The predicted octanol–water partition coefficient (Wildman–Crippen LogP) is 7.78. The number of carbonyl (C=O) groups is 2. The van der Waals surface area contributed by atoms with E-state index in [0.717, 1.165) is 53.9 Å². The Hall–Kier alpha value is -5.85.